The number of methoxy groups -OCH3 is 3. The monoisotopic (exact) mass is 300 g/mol. The molecule has 2 rings (SSSR count). The molecule has 0 unspecified atom stereocenters. The van der Waals surface area contributed by atoms with E-state index in [9.17, 15) is 9.59 Å². The first-order valence-electron chi connectivity index (χ1n) is 6.52. The van der Waals surface area contributed by atoms with Crippen molar-refractivity contribution in [2.45, 2.75) is 31.0 Å². The minimum absolute atomic E-state index is 0.298. The fourth-order valence-electron chi connectivity index (χ4n) is 2.82. The van der Waals surface area contributed by atoms with Crippen LogP contribution in [0.5, 0.6) is 0 Å². The second-order valence-electron chi connectivity index (χ2n) is 5.00. The lowest BCUT2D eigenvalue weighted by Gasteiger charge is -2.32. The molecule has 4 atom stereocenters. The highest BCUT2D eigenvalue weighted by Gasteiger charge is 2.55. The molecule has 118 valence electrons. The van der Waals surface area contributed by atoms with Gasteiger partial charge in [-0.25, -0.2) is 4.79 Å². The third-order valence-corrected chi connectivity index (χ3v) is 3.74. The van der Waals surface area contributed by atoms with E-state index in [0.29, 0.717) is 6.61 Å². The van der Waals surface area contributed by atoms with Crippen molar-refractivity contribution >= 4 is 0 Å². The van der Waals surface area contributed by atoms with E-state index in [0.717, 1.165) is 0 Å². The summed E-state index contributed by atoms with van der Waals surface area (Å²) in [5.41, 5.74) is -2.15. The van der Waals surface area contributed by atoms with E-state index in [2.05, 4.69) is 4.98 Å². The molecule has 21 heavy (non-hydrogen) atoms. The van der Waals surface area contributed by atoms with E-state index in [1.807, 2.05) is 0 Å². The predicted octanol–water partition coefficient (Wildman–Crippen LogP) is -0.715. The summed E-state index contributed by atoms with van der Waals surface area (Å²) in [6.07, 6.45) is 0.0496. The summed E-state index contributed by atoms with van der Waals surface area (Å²) in [6, 6.07) is 1.26. The average Bonchev–Trinajstić information content (AvgIpc) is 2.71. The van der Waals surface area contributed by atoms with E-state index in [-0.39, 0.29) is 0 Å². The molecule has 1 saturated heterocycles. The van der Waals surface area contributed by atoms with Gasteiger partial charge in [0, 0.05) is 33.6 Å². The Bertz CT molecular complexity index is 597. The lowest BCUT2D eigenvalue weighted by Crippen LogP contribution is -2.50. The Labute approximate surface area is 121 Å². The van der Waals surface area contributed by atoms with Gasteiger partial charge in [0.1, 0.15) is 18.3 Å². The van der Waals surface area contributed by atoms with Gasteiger partial charge in [0.15, 0.2) is 5.72 Å². The lowest BCUT2D eigenvalue weighted by atomic mass is 10.0. The minimum Gasteiger partial charge on any atom is -0.382 e. The molecule has 0 aliphatic carbocycles. The summed E-state index contributed by atoms with van der Waals surface area (Å²) in [4.78, 5) is 25.5. The number of nitrogens with zero attached hydrogens (tertiary/aromatic N) is 1. The average molecular weight is 300 g/mol. The van der Waals surface area contributed by atoms with Crippen LogP contribution < -0.4 is 11.2 Å². The second kappa shape index (κ2) is 6.10. The van der Waals surface area contributed by atoms with Gasteiger partial charge in [0.05, 0.1) is 6.61 Å². The Hall–Kier alpha value is -1.48. The number of rotatable bonds is 5. The fraction of sp³-hybridized carbons (Fsp3) is 0.692. The van der Waals surface area contributed by atoms with E-state index in [4.69, 9.17) is 18.9 Å². The topological polar surface area (TPSA) is 91.8 Å². The van der Waals surface area contributed by atoms with Crippen molar-refractivity contribution in [1.29, 1.82) is 0 Å². The van der Waals surface area contributed by atoms with Crippen LogP contribution >= 0.6 is 0 Å². The molecule has 1 aliphatic rings. The second-order valence-corrected chi connectivity index (χ2v) is 5.00. The first-order chi connectivity index (χ1) is 9.97. The van der Waals surface area contributed by atoms with Crippen LogP contribution in [0.15, 0.2) is 21.9 Å². The van der Waals surface area contributed by atoms with Crippen LogP contribution in [0.25, 0.3) is 0 Å². The smallest absolute Gasteiger partial charge is 0.330 e. The molecule has 0 bridgehead atoms. The Kier molecular flexibility index (Phi) is 4.62. The Morgan fingerprint density at radius 3 is 2.57 bits per heavy atom. The zero-order chi connectivity index (χ0) is 15.6. The summed E-state index contributed by atoms with van der Waals surface area (Å²) >= 11 is 0. The maximum absolute atomic E-state index is 12.1. The normalized spacial score (nSPS) is 32.5. The summed E-state index contributed by atoms with van der Waals surface area (Å²) < 4.78 is 23.3. The van der Waals surface area contributed by atoms with Crippen LogP contribution in [0.3, 0.4) is 0 Å². The molecule has 0 spiro atoms. The molecule has 0 radical (unpaired) electrons. The van der Waals surface area contributed by atoms with Gasteiger partial charge in [-0.05, 0) is 6.92 Å². The highest BCUT2D eigenvalue weighted by Crippen LogP contribution is 2.37. The number of aromatic nitrogens is 2. The highest BCUT2D eigenvalue weighted by atomic mass is 16.6. The van der Waals surface area contributed by atoms with Crippen LogP contribution in [-0.2, 0) is 24.7 Å². The highest BCUT2D eigenvalue weighted by molar-refractivity contribution is 5.01. The minimum atomic E-state index is -1.11. The lowest BCUT2D eigenvalue weighted by molar-refractivity contribution is -0.146. The molecule has 8 nitrogen and oxygen atoms in total. The van der Waals surface area contributed by atoms with Crippen molar-refractivity contribution in [1.82, 2.24) is 9.55 Å². The molecule has 1 aliphatic heterocycles. The largest absolute Gasteiger partial charge is 0.382 e. The zero-order valence-corrected chi connectivity index (χ0v) is 12.5. The van der Waals surface area contributed by atoms with Gasteiger partial charge >= 0.3 is 5.69 Å². The van der Waals surface area contributed by atoms with Gasteiger partial charge in [0.25, 0.3) is 5.56 Å². The summed E-state index contributed by atoms with van der Waals surface area (Å²) in [5, 5.41) is 0. The van der Waals surface area contributed by atoms with Crippen molar-refractivity contribution in [3.8, 4) is 0 Å². The third-order valence-electron chi connectivity index (χ3n) is 3.74. The van der Waals surface area contributed by atoms with Crippen molar-refractivity contribution < 1.29 is 18.9 Å². The molecule has 8 heteroatoms. The molecular formula is C13H20N2O6. The number of aromatic amines is 1. The molecule has 1 fully saturated rings. The van der Waals surface area contributed by atoms with Crippen molar-refractivity contribution in [2.75, 3.05) is 27.9 Å². The van der Waals surface area contributed by atoms with E-state index in [1.165, 1.54) is 23.9 Å². The summed E-state index contributed by atoms with van der Waals surface area (Å²) in [5.74, 6) is 0. The van der Waals surface area contributed by atoms with Gasteiger partial charge < -0.3 is 18.9 Å². The maximum atomic E-state index is 12.1. The van der Waals surface area contributed by atoms with E-state index >= 15 is 0 Å². The van der Waals surface area contributed by atoms with Gasteiger partial charge in [-0.1, -0.05) is 0 Å². The van der Waals surface area contributed by atoms with Crippen LogP contribution in [0.2, 0.25) is 0 Å². The van der Waals surface area contributed by atoms with E-state index in [1.54, 1.807) is 21.1 Å². The van der Waals surface area contributed by atoms with Gasteiger partial charge in [-0.3, -0.25) is 14.3 Å². The molecule has 1 aromatic heterocycles. The maximum Gasteiger partial charge on any atom is 0.330 e. The number of ether oxygens (including phenoxy) is 4. The summed E-state index contributed by atoms with van der Waals surface area (Å²) in [6.45, 7) is 2.01. The standard InChI is InChI=1S/C13H20N2O6/c1-13(15-6-5-9(16)14-12(15)17)11(20-4)10(19-3)8(21-13)7-18-2/h5-6,8,10-11H,7H2,1-4H3,(H,14,16,17)/t8-,10-,11-,13-/m1/s1. The van der Waals surface area contributed by atoms with Crippen LogP contribution in [0.4, 0.5) is 0 Å². The Morgan fingerprint density at radius 2 is 2.05 bits per heavy atom. The van der Waals surface area contributed by atoms with Gasteiger partial charge in [-0.15, -0.1) is 0 Å². The Balaban J connectivity index is 2.48. The van der Waals surface area contributed by atoms with Crippen molar-refractivity contribution in [3.63, 3.8) is 0 Å². The van der Waals surface area contributed by atoms with Crippen LogP contribution in [-0.4, -0.2) is 55.8 Å². The first kappa shape index (κ1) is 15.9. The SMILES string of the molecule is COC[C@H]1O[C@@](C)(n2ccc(=O)[nH]c2=O)[C@H](OC)[C@@H]1OC. The quantitative estimate of drug-likeness (QED) is 0.772. The van der Waals surface area contributed by atoms with Gasteiger partial charge in [-0.2, -0.15) is 0 Å². The molecule has 0 amide bonds. The molecule has 1 aromatic rings. The molecule has 1 N–H and O–H groups in total. The summed E-state index contributed by atoms with van der Waals surface area (Å²) in [7, 11) is 4.62. The van der Waals surface area contributed by atoms with Crippen molar-refractivity contribution in [2.24, 2.45) is 0 Å². The number of H-pyrrole nitrogens is 1. The molecular weight excluding hydrogens is 280 g/mol. The number of hydrogen-bond donors (Lipinski definition) is 1. The molecule has 0 saturated carbocycles. The molecule has 2 heterocycles. The first-order valence-corrected chi connectivity index (χ1v) is 6.52. The number of hydrogen-bond acceptors (Lipinski definition) is 6. The van der Waals surface area contributed by atoms with E-state index < -0.39 is 35.3 Å². The van der Waals surface area contributed by atoms with Gasteiger partial charge in [0.2, 0.25) is 0 Å². The fourth-order valence-corrected chi connectivity index (χ4v) is 2.82. The van der Waals surface area contributed by atoms with Crippen LogP contribution in [0, 0.1) is 0 Å². The third kappa shape index (κ3) is 2.67. The molecule has 0 aromatic carbocycles. The van der Waals surface area contributed by atoms with Crippen molar-refractivity contribution in [3.05, 3.63) is 33.1 Å². The number of nitrogens with one attached hydrogen (secondary N) is 1. The predicted molar refractivity (Wildman–Crippen MR) is 73.3 cm³/mol. The zero-order valence-electron chi connectivity index (χ0n) is 12.5. The Morgan fingerprint density at radius 1 is 1.33 bits per heavy atom. The van der Waals surface area contributed by atoms with Crippen LogP contribution in [0.1, 0.15) is 6.92 Å².